The fraction of sp³-hybridized carbons (Fsp3) is 0.120. The van der Waals surface area contributed by atoms with E-state index in [9.17, 15) is 4.79 Å². The quantitative estimate of drug-likeness (QED) is 0.453. The molecule has 1 aromatic heterocycles. The average Bonchev–Trinajstić information content (AvgIpc) is 3.25. The maximum absolute atomic E-state index is 13.5. The summed E-state index contributed by atoms with van der Waals surface area (Å²) >= 11 is 0. The summed E-state index contributed by atoms with van der Waals surface area (Å²) in [4.78, 5) is 15.3. The second-order valence-corrected chi connectivity index (χ2v) is 6.96. The molecule has 30 heavy (non-hydrogen) atoms. The van der Waals surface area contributed by atoms with Crippen LogP contribution in [0.5, 0.6) is 5.75 Å². The summed E-state index contributed by atoms with van der Waals surface area (Å²) in [6, 6.07) is 29.6. The molecule has 0 fully saturated rings. The summed E-state index contributed by atoms with van der Waals surface area (Å²) < 4.78 is 7.16. The molecule has 0 aliphatic heterocycles. The largest absolute Gasteiger partial charge is 0.493 e. The van der Waals surface area contributed by atoms with Crippen LogP contribution in [-0.4, -0.2) is 27.7 Å². The van der Waals surface area contributed by atoms with Gasteiger partial charge in [0.15, 0.2) is 11.4 Å². The Morgan fingerprint density at radius 2 is 1.33 bits per heavy atom. The molecule has 0 aliphatic rings. The van der Waals surface area contributed by atoms with Crippen LogP contribution >= 0.6 is 0 Å². The molecule has 0 unspecified atom stereocenters. The molecule has 0 N–H and O–H groups in total. The van der Waals surface area contributed by atoms with Gasteiger partial charge in [0.2, 0.25) is 0 Å². The Bertz CT molecular complexity index is 1050. The van der Waals surface area contributed by atoms with Crippen molar-refractivity contribution in [3.63, 3.8) is 0 Å². The van der Waals surface area contributed by atoms with Crippen LogP contribution in [0.4, 0.5) is 0 Å². The lowest BCUT2D eigenvalue weighted by Gasteiger charge is -2.22. The molecule has 0 radical (unpaired) electrons. The Morgan fingerprint density at radius 3 is 1.83 bits per heavy atom. The molecule has 150 valence electrons. The molecule has 4 aromatic rings. The summed E-state index contributed by atoms with van der Waals surface area (Å²) in [5, 5.41) is 4.56. The highest BCUT2D eigenvalue weighted by atomic mass is 16.5. The van der Waals surface area contributed by atoms with Crippen LogP contribution in [0.1, 0.15) is 21.6 Å². The predicted molar refractivity (Wildman–Crippen MR) is 117 cm³/mol. The third-order valence-electron chi connectivity index (χ3n) is 4.84. The van der Waals surface area contributed by atoms with E-state index in [1.807, 2.05) is 91.0 Å². The first-order chi connectivity index (χ1) is 14.7. The van der Waals surface area contributed by atoms with Crippen LogP contribution in [0.15, 0.2) is 97.2 Å². The highest BCUT2D eigenvalue weighted by molar-refractivity contribution is 5.95. The highest BCUT2D eigenvalue weighted by Crippen LogP contribution is 2.23. The standard InChI is InChI=1S/C25H23N3O2/c1-30-23-19-28(22-15-9-4-10-16-22)26-24(23)25(29)27(17-20-11-5-2-6-12-20)18-21-13-7-3-8-14-21/h2-16,19H,17-18H2,1H3. The zero-order valence-electron chi connectivity index (χ0n) is 16.8. The lowest BCUT2D eigenvalue weighted by molar-refractivity contribution is 0.0720. The average molecular weight is 397 g/mol. The first-order valence-corrected chi connectivity index (χ1v) is 9.81. The van der Waals surface area contributed by atoms with Crippen LogP contribution in [0.3, 0.4) is 0 Å². The summed E-state index contributed by atoms with van der Waals surface area (Å²) in [6.07, 6.45) is 1.74. The fourth-order valence-corrected chi connectivity index (χ4v) is 3.33. The normalized spacial score (nSPS) is 10.6. The van der Waals surface area contributed by atoms with E-state index in [1.165, 1.54) is 0 Å². The first-order valence-electron chi connectivity index (χ1n) is 9.81. The van der Waals surface area contributed by atoms with E-state index in [0.29, 0.717) is 24.5 Å². The van der Waals surface area contributed by atoms with Crippen molar-refractivity contribution in [1.82, 2.24) is 14.7 Å². The number of methoxy groups -OCH3 is 1. The molecular formula is C25H23N3O2. The Kier molecular flexibility index (Phi) is 5.90. The molecule has 0 atom stereocenters. The van der Waals surface area contributed by atoms with Crippen molar-refractivity contribution in [1.29, 1.82) is 0 Å². The van der Waals surface area contributed by atoms with E-state index in [2.05, 4.69) is 5.10 Å². The smallest absolute Gasteiger partial charge is 0.278 e. The zero-order chi connectivity index (χ0) is 20.8. The second-order valence-electron chi connectivity index (χ2n) is 6.96. The minimum atomic E-state index is -0.172. The molecule has 1 heterocycles. The number of nitrogens with zero attached hydrogens (tertiary/aromatic N) is 3. The van der Waals surface area contributed by atoms with Gasteiger partial charge in [0.05, 0.1) is 19.0 Å². The van der Waals surface area contributed by atoms with Crippen molar-refractivity contribution < 1.29 is 9.53 Å². The first kappa shape index (κ1) is 19.5. The number of hydrogen-bond acceptors (Lipinski definition) is 3. The van der Waals surface area contributed by atoms with Crippen molar-refractivity contribution in [2.75, 3.05) is 7.11 Å². The minimum Gasteiger partial charge on any atom is -0.493 e. The number of ether oxygens (including phenoxy) is 1. The second kappa shape index (κ2) is 9.09. The molecule has 5 nitrogen and oxygen atoms in total. The molecule has 0 spiro atoms. The third-order valence-corrected chi connectivity index (χ3v) is 4.84. The number of amides is 1. The molecule has 1 amide bonds. The van der Waals surface area contributed by atoms with Crippen LogP contribution in [-0.2, 0) is 13.1 Å². The van der Waals surface area contributed by atoms with Crippen molar-refractivity contribution in [2.45, 2.75) is 13.1 Å². The van der Waals surface area contributed by atoms with E-state index < -0.39 is 0 Å². The number of aromatic nitrogens is 2. The van der Waals surface area contributed by atoms with E-state index in [4.69, 9.17) is 4.74 Å². The topological polar surface area (TPSA) is 47.4 Å². The Balaban J connectivity index is 1.67. The SMILES string of the molecule is COc1cn(-c2ccccc2)nc1C(=O)N(Cc1ccccc1)Cc1ccccc1. The monoisotopic (exact) mass is 397 g/mol. The Morgan fingerprint density at radius 1 is 0.833 bits per heavy atom. The highest BCUT2D eigenvalue weighted by Gasteiger charge is 2.24. The summed E-state index contributed by atoms with van der Waals surface area (Å²) in [7, 11) is 1.56. The Labute approximate surface area is 176 Å². The van der Waals surface area contributed by atoms with E-state index in [-0.39, 0.29) is 5.91 Å². The summed E-state index contributed by atoms with van der Waals surface area (Å²) in [5.41, 5.74) is 3.28. The van der Waals surface area contributed by atoms with Gasteiger partial charge in [-0.1, -0.05) is 78.9 Å². The van der Waals surface area contributed by atoms with Crippen molar-refractivity contribution >= 4 is 5.91 Å². The van der Waals surface area contributed by atoms with Gasteiger partial charge < -0.3 is 9.64 Å². The number of para-hydroxylation sites is 1. The fourth-order valence-electron chi connectivity index (χ4n) is 3.33. The van der Waals surface area contributed by atoms with Gasteiger partial charge in [0.1, 0.15) is 0 Å². The van der Waals surface area contributed by atoms with Crippen LogP contribution < -0.4 is 4.74 Å². The van der Waals surface area contributed by atoms with Gasteiger partial charge in [-0.25, -0.2) is 4.68 Å². The van der Waals surface area contributed by atoms with Gasteiger partial charge >= 0.3 is 0 Å². The lowest BCUT2D eigenvalue weighted by atomic mass is 10.1. The van der Waals surface area contributed by atoms with E-state index >= 15 is 0 Å². The van der Waals surface area contributed by atoms with Crippen molar-refractivity contribution in [3.05, 3.63) is 114 Å². The number of hydrogen-bond donors (Lipinski definition) is 0. The molecule has 5 heteroatoms. The number of rotatable bonds is 7. The molecule has 3 aromatic carbocycles. The molecule has 0 aliphatic carbocycles. The summed E-state index contributed by atoms with van der Waals surface area (Å²) in [5.74, 6) is 0.282. The summed E-state index contributed by atoms with van der Waals surface area (Å²) in [6.45, 7) is 0.964. The maximum Gasteiger partial charge on any atom is 0.278 e. The van der Waals surface area contributed by atoms with Gasteiger partial charge in [-0.2, -0.15) is 5.10 Å². The van der Waals surface area contributed by atoms with Gasteiger partial charge in [-0.15, -0.1) is 0 Å². The Hall–Kier alpha value is -3.86. The number of benzene rings is 3. The molecule has 0 saturated carbocycles. The molecule has 0 bridgehead atoms. The van der Waals surface area contributed by atoms with E-state index in [0.717, 1.165) is 16.8 Å². The number of carbonyl (C=O) groups is 1. The van der Waals surface area contributed by atoms with Gasteiger partial charge in [-0.3, -0.25) is 4.79 Å². The number of carbonyl (C=O) groups excluding carboxylic acids is 1. The lowest BCUT2D eigenvalue weighted by Crippen LogP contribution is -2.30. The third kappa shape index (κ3) is 4.41. The predicted octanol–water partition coefficient (Wildman–Crippen LogP) is 4.72. The van der Waals surface area contributed by atoms with Crippen molar-refractivity contribution in [2.24, 2.45) is 0 Å². The molecule has 4 rings (SSSR count). The van der Waals surface area contributed by atoms with Gasteiger partial charge in [-0.05, 0) is 23.3 Å². The van der Waals surface area contributed by atoms with Crippen LogP contribution in [0.2, 0.25) is 0 Å². The van der Waals surface area contributed by atoms with E-state index in [1.54, 1.807) is 22.9 Å². The molecule has 0 saturated heterocycles. The van der Waals surface area contributed by atoms with Crippen LogP contribution in [0.25, 0.3) is 5.69 Å². The maximum atomic E-state index is 13.5. The zero-order valence-corrected chi connectivity index (χ0v) is 16.8. The van der Waals surface area contributed by atoms with Crippen LogP contribution in [0, 0.1) is 0 Å². The molecular weight excluding hydrogens is 374 g/mol. The van der Waals surface area contributed by atoms with Gasteiger partial charge in [0.25, 0.3) is 5.91 Å². The van der Waals surface area contributed by atoms with Crippen molar-refractivity contribution in [3.8, 4) is 11.4 Å². The minimum absolute atomic E-state index is 0.172. The van der Waals surface area contributed by atoms with Gasteiger partial charge in [0, 0.05) is 13.1 Å².